The Balaban J connectivity index is 2.10. The quantitative estimate of drug-likeness (QED) is 0.613. The van der Waals surface area contributed by atoms with Crippen LogP contribution in [0.4, 0.5) is 5.82 Å². The molecule has 1 aromatic heterocycles. The zero-order valence-electron chi connectivity index (χ0n) is 15.2. The number of methoxy groups -OCH3 is 1. The lowest BCUT2D eigenvalue weighted by molar-refractivity contribution is 0.415. The molecule has 0 fully saturated rings. The summed E-state index contributed by atoms with van der Waals surface area (Å²) in [7, 11) is 1.67. The van der Waals surface area contributed by atoms with Crippen molar-refractivity contribution in [3.63, 3.8) is 0 Å². The fourth-order valence-corrected chi connectivity index (χ4v) is 2.93. The number of nitrogens with zero attached hydrogens (tertiary/aromatic N) is 3. The molecule has 0 saturated heterocycles. The van der Waals surface area contributed by atoms with E-state index in [9.17, 15) is 0 Å². The van der Waals surface area contributed by atoms with Crippen molar-refractivity contribution in [1.29, 1.82) is 0 Å². The number of rotatable bonds is 7. The molecule has 130 valence electrons. The molecule has 2 aromatic carbocycles. The van der Waals surface area contributed by atoms with Crippen molar-refractivity contribution < 1.29 is 4.74 Å². The molecule has 4 nitrogen and oxygen atoms in total. The summed E-state index contributed by atoms with van der Waals surface area (Å²) in [5, 5.41) is 1.11. The van der Waals surface area contributed by atoms with Crippen LogP contribution in [0.25, 0.3) is 22.3 Å². The van der Waals surface area contributed by atoms with Crippen molar-refractivity contribution in [2.24, 2.45) is 0 Å². The zero-order valence-corrected chi connectivity index (χ0v) is 15.2. The molecule has 25 heavy (non-hydrogen) atoms. The first-order chi connectivity index (χ1) is 12.3. The molecular weight excluding hydrogens is 310 g/mol. The Bertz CT molecular complexity index is 830. The third-order valence-corrected chi connectivity index (χ3v) is 4.39. The summed E-state index contributed by atoms with van der Waals surface area (Å²) < 4.78 is 5.25. The van der Waals surface area contributed by atoms with Crippen LogP contribution in [0.1, 0.15) is 26.7 Å². The van der Waals surface area contributed by atoms with Gasteiger partial charge in [-0.15, -0.1) is 0 Å². The monoisotopic (exact) mass is 335 g/mol. The van der Waals surface area contributed by atoms with Gasteiger partial charge in [-0.25, -0.2) is 9.97 Å². The number of ether oxygens (including phenoxy) is 1. The summed E-state index contributed by atoms with van der Waals surface area (Å²) in [4.78, 5) is 12.1. The molecule has 0 N–H and O–H groups in total. The van der Waals surface area contributed by atoms with Gasteiger partial charge in [-0.05, 0) is 49.7 Å². The first kappa shape index (κ1) is 17.2. The smallest absolute Gasteiger partial charge is 0.162 e. The van der Waals surface area contributed by atoms with Crippen LogP contribution in [-0.4, -0.2) is 30.2 Å². The SMILES string of the molecule is CCCCN(CC)c1nc(-c2ccc(OC)cc2)nc2ccccc12. The van der Waals surface area contributed by atoms with Crippen LogP contribution in [0.5, 0.6) is 5.75 Å². The Morgan fingerprint density at radius 1 is 0.960 bits per heavy atom. The van der Waals surface area contributed by atoms with Crippen molar-refractivity contribution in [1.82, 2.24) is 9.97 Å². The largest absolute Gasteiger partial charge is 0.497 e. The summed E-state index contributed by atoms with van der Waals surface area (Å²) in [6, 6.07) is 16.2. The maximum Gasteiger partial charge on any atom is 0.162 e. The Labute approximate surface area is 149 Å². The fourth-order valence-electron chi connectivity index (χ4n) is 2.93. The van der Waals surface area contributed by atoms with Crippen molar-refractivity contribution in [2.75, 3.05) is 25.1 Å². The molecule has 0 bridgehead atoms. The molecule has 1 heterocycles. The number of hydrogen-bond donors (Lipinski definition) is 0. The van der Waals surface area contributed by atoms with Crippen molar-refractivity contribution in [2.45, 2.75) is 26.7 Å². The highest BCUT2D eigenvalue weighted by atomic mass is 16.5. The van der Waals surface area contributed by atoms with E-state index >= 15 is 0 Å². The molecule has 3 rings (SSSR count). The Kier molecular flexibility index (Phi) is 5.49. The van der Waals surface area contributed by atoms with E-state index < -0.39 is 0 Å². The number of fused-ring (bicyclic) bond motifs is 1. The van der Waals surface area contributed by atoms with Crippen LogP contribution in [0, 0.1) is 0 Å². The first-order valence-electron chi connectivity index (χ1n) is 8.93. The average Bonchev–Trinajstić information content (AvgIpc) is 2.68. The second-order valence-corrected chi connectivity index (χ2v) is 6.05. The molecule has 0 atom stereocenters. The highest BCUT2D eigenvalue weighted by Crippen LogP contribution is 2.28. The predicted octanol–water partition coefficient (Wildman–Crippen LogP) is 4.93. The van der Waals surface area contributed by atoms with Crippen LogP contribution >= 0.6 is 0 Å². The van der Waals surface area contributed by atoms with Gasteiger partial charge in [0.05, 0.1) is 12.6 Å². The van der Waals surface area contributed by atoms with E-state index in [2.05, 4.69) is 36.9 Å². The van der Waals surface area contributed by atoms with Crippen LogP contribution in [0.15, 0.2) is 48.5 Å². The fraction of sp³-hybridized carbons (Fsp3) is 0.333. The van der Waals surface area contributed by atoms with E-state index in [0.29, 0.717) is 0 Å². The predicted molar refractivity (Wildman–Crippen MR) is 104 cm³/mol. The lowest BCUT2D eigenvalue weighted by Gasteiger charge is -2.23. The second-order valence-electron chi connectivity index (χ2n) is 6.05. The molecule has 3 aromatic rings. The van der Waals surface area contributed by atoms with Crippen molar-refractivity contribution in [3.8, 4) is 17.1 Å². The van der Waals surface area contributed by atoms with Crippen LogP contribution < -0.4 is 9.64 Å². The van der Waals surface area contributed by atoms with Gasteiger partial charge in [-0.2, -0.15) is 0 Å². The maximum atomic E-state index is 5.25. The molecule has 0 unspecified atom stereocenters. The molecule has 4 heteroatoms. The van der Waals surface area contributed by atoms with Gasteiger partial charge in [0.1, 0.15) is 11.6 Å². The number of para-hydroxylation sites is 1. The van der Waals surface area contributed by atoms with E-state index in [1.54, 1.807) is 7.11 Å². The standard InChI is InChI=1S/C21H25N3O/c1-4-6-15-24(5-2)21-18-9-7-8-10-19(18)22-20(23-21)16-11-13-17(25-3)14-12-16/h7-14H,4-6,15H2,1-3H3. The number of unbranched alkanes of at least 4 members (excludes halogenated alkanes) is 1. The topological polar surface area (TPSA) is 38.2 Å². The van der Waals surface area contributed by atoms with E-state index in [1.807, 2.05) is 30.3 Å². The molecule has 0 amide bonds. The van der Waals surface area contributed by atoms with E-state index in [-0.39, 0.29) is 0 Å². The number of hydrogen-bond acceptors (Lipinski definition) is 4. The lowest BCUT2D eigenvalue weighted by Crippen LogP contribution is -2.25. The van der Waals surface area contributed by atoms with Gasteiger partial charge in [0, 0.05) is 24.0 Å². The minimum Gasteiger partial charge on any atom is -0.497 e. The number of aromatic nitrogens is 2. The molecular formula is C21H25N3O. The van der Waals surface area contributed by atoms with Gasteiger partial charge in [0.25, 0.3) is 0 Å². The minimum atomic E-state index is 0.756. The zero-order chi connectivity index (χ0) is 17.6. The lowest BCUT2D eigenvalue weighted by atomic mass is 10.1. The summed E-state index contributed by atoms with van der Waals surface area (Å²) >= 11 is 0. The Morgan fingerprint density at radius 3 is 2.40 bits per heavy atom. The van der Waals surface area contributed by atoms with Gasteiger partial charge < -0.3 is 9.64 Å². The summed E-state index contributed by atoms with van der Waals surface area (Å²) in [5.74, 6) is 2.61. The molecule has 0 radical (unpaired) electrons. The number of anilines is 1. The van der Waals surface area contributed by atoms with Gasteiger partial charge >= 0.3 is 0 Å². The Hall–Kier alpha value is -2.62. The van der Waals surface area contributed by atoms with Gasteiger partial charge in [-0.1, -0.05) is 25.5 Å². The van der Waals surface area contributed by atoms with Gasteiger partial charge in [-0.3, -0.25) is 0 Å². The molecule has 0 aliphatic heterocycles. The van der Waals surface area contributed by atoms with E-state index in [4.69, 9.17) is 14.7 Å². The maximum absolute atomic E-state index is 5.25. The molecule has 0 aliphatic carbocycles. The molecule has 0 saturated carbocycles. The van der Waals surface area contributed by atoms with Gasteiger partial charge in [0.15, 0.2) is 5.82 Å². The van der Waals surface area contributed by atoms with Crippen LogP contribution in [0.2, 0.25) is 0 Å². The summed E-state index contributed by atoms with van der Waals surface area (Å²) in [5.41, 5.74) is 1.98. The Morgan fingerprint density at radius 2 is 1.72 bits per heavy atom. The highest BCUT2D eigenvalue weighted by molar-refractivity contribution is 5.91. The third-order valence-electron chi connectivity index (χ3n) is 4.39. The first-order valence-corrected chi connectivity index (χ1v) is 8.93. The van der Waals surface area contributed by atoms with Crippen molar-refractivity contribution >= 4 is 16.7 Å². The summed E-state index contributed by atoms with van der Waals surface area (Å²) in [6.07, 6.45) is 2.33. The van der Waals surface area contributed by atoms with Crippen LogP contribution in [-0.2, 0) is 0 Å². The average molecular weight is 335 g/mol. The summed E-state index contributed by atoms with van der Waals surface area (Å²) in [6.45, 7) is 6.34. The molecule has 0 aliphatic rings. The van der Waals surface area contributed by atoms with E-state index in [0.717, 1.165) is 53.4 Å². The normalized spacial score (nSPS) is 10.8. The van der Waals surface area contributed by atoms with Crippen LogP contribution in [0.3, 0.4) is 0 Å². The highest BCUT2D eigenvalue weighted by Gasteiger charge is 2.14. The van der Waals surface area contributed by atoms with Gasteiger partial charge in [0.2, 0.25) is 0 Å². The number of benzene rings is 2. The third kappa shape index (κ3) is 3.73. The molecule has 0 spiro atoms. The van der Waals surface area contributed by atoms with E-state index in [1.165, 1.54) is 6.42 Å². The minimum absolute atomic E-state index is 0.756. The van der Waals surface area contributed by atoms with Crippen molar-refractivity contribution in [3.05, 3.63) is 48.5 Å². The second kappa shape index (κ2) is 7.97.